The lowest BCUT2D eigenvalue weighted by Crippen LogP contribution is -2.57. The molecule has 0 bridgehead atoms. The van der Waals surface area contributed by atoms with Crippen molar-refractivity contribution in [2.75, 3.05) is 19.6 Å². The van der Waals surface area contributed by atoms with E-state index in [9.17, 15) is 43.8 Å². The molecule has 0 saturated carbocycles. The zero-order valence-corrected chi connectivity index (χ0v) is 31.0. The second kappa shape index (κ2) is 16.3. The number of likely N-dealkylation sites (N-methyl/N-ethyl adjacent to an activating group) is 1. The molecule has 1 aromatic carbocycles. The maximum absolute atomic E-state index is 13.8. The molecule has 18 heteroatoms. The van der Waals surface area contributed by atoms with Gasteiger partial charge in [-0.2, -0.15) is 0 Å². The molecule has 0 spiro atoms. The molecule has 0 fully saturated rings. The van der Waals surface area contributed by atoms with Crippen LogP contribution in [-0.4, -0.2) is 104 Å². The minimum absolute atomic E-state index is 0.00670. The van der Waals surface area contributed by atoms with Crippen LogP contribution < -0.4 is 33.0 Å². The van der Waals surface area contributed by atoms with Crippen molar-refractivity contribution in [3.63, 3.8) is 0 Å². The predicted octanol–water partition coefficient (Wildman–Crippen LogP) is -1.84. The van der Waals surface area contributed by atoms with Crippen LogP contribution in [0.4, 0.5) is 0 Å². The number of rotatable bonds is 15. The number of nitrogens with two attached hydrogens (primary N) is 2. The SMILES string of the molecule is CCN(CCc1c2c(nc3ccccc13)-c1cc3c(c(=O)n1C2)COC(=O)[C@]3(O)CC)C(=O)CNC(=O)[C@H](CC(N)=O)NC(=O)[C@H](C)NC(=O)[C@@H](N)C(C)O. The van der Waals surface area contributed by atoms with Gasteiger partial charge in [-0.25, -0.2) is 9.78 Å². The Morgan fingerprint density at radius 3 is 2.42 bits per heavy atom. The van der Waals surface area contributed by atoms with E-state index in [0.717, 1.165) is 16.5 Å². The molecule has 5 rings (SSSR count). The summed E-state index contributed by atoms with van der Waals surface area (Å²) in [6.45, 7) is 5.93. The minimum atomic E-state index is -1.97. The van der Waals surface area contributed by atoms with E-state index in [4.69, 9.17) is 21.2 Å². The standard InChI is InChI=1S/C37H46N8O10/c1-5-37(54)24-13-27-31-22(16-45(27)35(52)23(24)17-55-36(37)53)20(21-9-7-8-10-25(21)42-31)11-12-44(6-2)29(48)15-40-33(50)26(14-28(38)47)43-32(49)18(3)41-34(51)30(39)19(4)46/h7-10,13,18-19,26,30,46,54H,5-6,11-12,14-17,39H2,1-4H3,(H2,38,47)(H,40,50)(H,41,51)(H,43,49)/t18-,19?,26-,30-,37-/m0/s1. The van der Waals surface area contributed by atoms with Gasteiger partial charge in [-0.3, -0.25) is 28.8 Å². The molecular weight excluding hydrogens is 716 g/mol. The van der Waals surface area contributed by atoms with Crippen LogP contribution in [0.5, 0.6) is 0 Å². The second-order valence-corrected chi connectivity index (χ2v) is 13.7. The number of carbonyl (C=O) groups excluding carboxylic acids is 6. The molecule has 3 aromatic rings. The van der Waals surface area contributed by atoms with Crippen LogP contribution in [-0.2, 0) is 58.7 Å². The summed E-state index contributed by atoms with van der Waals surface area (Å²) < 4.78 is 6.74. The number of fused-ring (bicyclic) bond motifs is 5. The highest BCUT2D eigenvalue weighted by atomic mass is 16.6. The van der Waals surface area contributed by atoms with E-state index >= 15 is 0 Å². The Morgan fingerprint density at radius 1 is 1.05 bits per heavy atom. The highest BCUT2D eigenvalue weighted by Gasteiger charge is 2.45. The Labute approximate surface area is 315 Å². The summed E-state index contributed by atoms with van der Waals surface area (Å²) in [5, 5.41) is 28.7. The zero-order valence-electron chi connectivity index (χ0n) is 31.0. The molecule has 55 heavy (non-hydrogen) atoms. The monoisotopic (exact) mass is 762 g/mol. The first-order valence-electron chi connectivity index (χ1n) is 18.0. The summed E-state index contributed by atoms with van der Waals surface area (Å²) in [7, 11) is 0. The van der Waals surface area contributed by atoms with Crippen LogP contribution in [0.25, 0.3) is 22.3 Å². The fourth-order valence-electron chi connectivity index (χ4n) is 6.80. The first kappa shape index (κ1) is 40.5. The van der Waals surface area contributed by atoms with Crippen molar-refractivity contribution in [3.05, 3.63) is 62.9 Å². The smallest absolute Gasteiger partial charge is 0.343 e. The molecule has 0 saturated heterocycles. The highest BCUT2D eigenvalue weighted by molar-refractivity contribution is 5.96. The third-order valence-corrected chi connectivity index (χ3v) is 10.1. The van der Waals surface area contributed by atoms with Gasteiger partial charge in [0.2, 0.25) is 29.5 Å². The molecule has 5 atom stereocenters. The summed E-state index contributed by atoms with van der Waals surface area (Å²) >= 11 is 0. The van der Waals surface area contributed by atoms with Crippen molar-refractivity contribution in [1.29, 1.82) is 0 Å². The molecule has 2 aliphatic rings. The van der Waals surface area contributed by atoms with Gasteiger partial charge in [0.1, 0.15) is 24.7 Å². The number of nitrogens with zero attached hydrogens (tertiary/aromatic N) is 3. The Bertz CT molecular complexity index is 2120. The lowest BCUT2D eigenvalue weighted by atomic mass is 9.86. The molecule has 294 valence electrons. The zero-order chi connectivity index (χ0) is 40.4. The third-order valence-electron chi connectivity index (χ3n) is 10.1. The van der Waals surface area contributed by atoms with E-state index < -0.39 is 83.9 Å². The number of carbonyl (C=O) groups is 6. The number of esters is 1. The average molecular weight is 763 g/mol. The van der Waals surface area contributed by atoms with Crippen molar-refractivity contribution in [3.8, 4) is 11.4 Å². The molecule has 4 heterocycles. The van der Waals surface area contributed by atoms with E-state index in [1.807, 2.05) is 24.3 Å². The molecule has 2 aromatic heterocycles. The molecule has 2 aliphatic heterocycles. The molecule has 0 radical (unpaired) electrons. The molecule has 18 nitrogen and oxygen atoms in total. The fraction of sp³-hybridized carbons (Fsp3) is 0.459. The lowest BCUT2D eigenvalue weighted by molar-refractivity contribution is -0.172. The number of nitrogens with one attached hydrogen (secondary N) is 3. The Morgan fingerprint density at radius 2 is 1.76 bits per heavy atom. The summed E-state index contributed by atoms with van der Waals surface area (Å²) in [4.78, 5) is 96.0. The number of benzene rings is 1. The number of pyridine rings is 2. The van der Waals surface area contributed by atoms with E-state index in [-0.39, 0.29) is 43.8 Å². The van der Waals surface area contributed by atoms with Crippen molar-refractivity contribution < 1.29 is 43.7 Å². The molecule has 9 N–H and O–H groups in total. The van der Waals surface area contributed by atoms with Gasteiger partial charge in [0.05, 0.1) is 48.1 Å². The van der Waals surface area contributed by atoms with Crippen LogP contribution in [0, 0.1) is 0 Å². The summed E-state index contributed by atoms with van der Waals surface area (Å²) in [6.07, 6.45) is -1.43. The Kier molecular flexibility index (Phi) is 12.0. The number of aliphatic hydroxyl groups is 2. The second-order valence-electron chi connectivity index (χ2n) is 13.7. The quantitative estimate of drug-likeness (QED) is 0.0659. The lowest BCUT2D eigenvalue weighted by Gasteiger charge is -2.31. The number of aromatic nitrogens is 2. The third kappa shape index (κ3) is 8.06. The topological polar surface area (TPSA) is 278 Å². The van der Waals surface area contributed by atoms with Gasteiger partial charge in [0, 0.05) is 29.6 Å². The first-order chi connectivity index (χ1) is 26.0. The number of cyclic esters (lactones) is 1. The van der Waals surface area contributed by atoms with Gasteiger partial charge in [-0.15, -0.1) is 0 Å². The van der Waals surface area contributed by atoms with Gasteiger partial charge < -0.3 is 51.8 Å². The van der Waals surface area contributed by atoms with Crippen molar-refractivity contribution >= 4 is 46.4 Å². The fourth-order valence-corrected chi connectivity index (χ4v) is 6.80. The number of hydrogen-bond donors (Lipinski definition) is 7. The molecule has 0 aliphatic carbocycles. The number of hydrogen-bond acceptors (Lipinski definition) is 12. The summed E-state index contributed by atoms with van der Waals surface area (Å²) in [6, 6.07) is 5.09. The molecular formula is C37H46N8O10. The van der Waals surface area contributed by atoms with Crippen LogP contribution in [0.15, 0.2) is 35.1 Å². The largest absolute Gasteiger partial charge is 0.458 e. The van der Waals surface area contributed by atoms with Crippen LogP contribution in [0.1, 0.15) is 62.8 Å². The van der Waals surface area contributed by atoms with Gasteiger partial charge in [0.25, 0.3) is 5.56 Å². The average Bonchev–Trinajstić information content (AvgIpc) is 3.52. The van der Waals surface area contributed by atoms with Gasteiger partial charge in [-0.05, 0) is 51.3 Å². The normalized spacial score (nSPS) is 17.8. The van der Waals surface area contributed by atoms with Crippen LogP contribution in [0.2, 0.25) is 0 Å². The van der Waals surface area contributed by atoms with Gasteiger partial charge >= 0.3 is 5.97 Å². The maximum Gasteiger partial charge on any atom is 0.343 e. The summed E-state index contributed by atoms with van der Waals surface area (Å²) in [5.41, 5.74) is 12.2. The maximum atomic E-state index is 13.8. The van der Waals surface area contributed by atoms with Crippen molar-refractivity contribution in [2.45, 2.75) is 89.9 Å². The minimum Gasteiger partial charge on any atom is -0.458 e. The Balaban J connectivity index is 1.32. The van der Waals surface area contributed by atoms with E-state index in [1.165, 1.54) is 18.7 Å². The highest BCUT2D eigenvalue weighted by Crippen LogP contribution is 2.40. The predicted molar refractivity (Wildman–Crippen MR) is 196 cm³/mol. The number of para-hydroxylation sites is 1. The van der Waals surface area contributed by atoms with Gasteiger partial charge in [-0.1, -0.05) is 25.1 Å². The van der Waals surface area contributed by atoms with Gasteiger partial charge in [0.15, 0.2) is 5.60 Å². The number of aliphatic hydroxyl groups excluding tert-OH is 1. The van der Waals surface area contributed by atoms with E-state index in [0.29, 0.717) is 23.3 Å². The molecule has 1 unspecified atom stereocenters. The van der Waals surface area contributed by atoms with E-state index in [2.05, 4.69) is 16.0 Å². The summed E-state index contributed by atoms with van der Waals surface area (Å²) in [5.74, 6) is -4.68. The Hall–Kier alpha value is -5.72. The van der Waals surface area contributed by atoms with E-state index in [1.54, 1.807) is 24.5 Å². The van der Waals surface area contributed by atoms with Crippen LogP contribution in [0.3, 0.4) is 0 Å². The first-order valence-corrected chi connectivity index (χ1v) is 18.0. The number of primary amides is 1. The molecule has 5 amide bonds. The number of amides is 5. The number of ether oxygens (including phenoxy) is 1. The van der Waals surface area contributed by atoms with Crippen molar-refractivity contribution in [2.24, 2.45) is 11.5 Å². The van der Waals surface area contributed by atoms with Crippen LogP contribution >= 0.6 is 0 Å². The van der Waals surface area contributed by atoms with Crippen molar-refractivity contribution in [1.82, 2.24) is 30.4 Å².